The van der Waals surface area contributed by atoms with Gasteiger partial charge in [-0.2, -0.15) is 0 Å². The highest BCUT2D eigenvalue weighted by molar-refractivity contribution is 7.99. The first-order valence-electron chi connectivity index (χ1n) is 7.73. The molecule has 0 atom stereocenters. The second-order valence-corrected chi connectivity index (χ2v) is 6.26. The van der Waals surface area contributed by atoms with E-state index >= 15 is 0 Å². The second kappa shape index (κ2) is 8.34. The summed E-state index contributed by atoms with van der Waals surface area (Å²) in [5.74, 6) is 0.478. The molecule has 0 aliphatic heterocycles. The molecule has 0 bridgehead atoms. The molecule has 0 saturated carbocycles. The highest BCUT2D eigenvalue weighted by atomic mass is 32.2. The van der Waals surface area contributed by atoms with Crippen molar-refractivity contribution in [3.8, 4) is 11.5 Å². The number of imide groups is 1. The SMILES string of the molecule is Cc1ccc(-c2nnc(SCC(=O)NC(=O)NCc3ccco3)o2)cc1. The Morgan fingerprint density at radius 3 is 2.69 bits per heavy atom. The number of nitrogens with zero attached hydrogens (tertiary/aromatic N) is 2. The van der Waals surface area contributed by atoms with Crippen LogP contribution in [0, 0.1) is 6.92 Å². The van der Waals surface area contributed by atoms with Crippen molar-refractivity contribution in [2.75, 3.05) is 5.75 Å². The molecule has 0 spiro atoms. The molecule has 1 aromatic carbocycles. The van der Waals surface area contributed by atoms with Gasteiger partial charge in [0.15, 0.2) is 0 Å². The first kappa shape index (κ1) is 17.7. The standard InChI is InChI=1S/C17H16N4O4S/c1-11-4-6-12(7-5-11)15-20-21-17(25-15)26-10-14(22)19-16(23)18-9-13-3-2-8-24-13/h2-8H,9-10H2,1H3,(H2,18,19,22,23). The van der Waals surface area contributed by atoms with Gasteiger partial charge < -0.3 is 14.2 Å². The fourth-order valence-corrected chi connectivity index (χ4v) is 2.56. The van der Waals surface area contributed by atoms with Crippen LogP contribution in [0.15, 0.2) is 56.7 Å². The molecular formula is C17H16N4O4S. The van der Waals surface area contributed by atoms with Gasteiger partial charge in [-0.05, 0) is 31.2 Å². The zero-order chi connectivity index (χ0) is 18.4. The highest BCUT2D eigenvalue weighted by Crippen LogP contribution is 2.23. The van der Waals surface area contributed by atoms with E-state index in [9.17, 15) is 9.59 Å². The molecule has 0 aliphatic rings. The molecule has 3 rings (SSSR count). The Morgan fingerprint density at radius 1 is 1.15 bits per heavy atom. The van der Waals surface area contributed by atoms with Gasteiger partial charge in [-0.3, -0.25) is 10.1 Å². The lowest BCUT2D eigenvalue weighted by Gasteiger charge is -2.04. The van der Waals surface area contributed by atoms with E-state index in [-0.39, 0.29) is 17.5 Å². The van der Waals surface area contributed by atoms with Crippen molar-refractivity contribution in [1.82, 2.24) is 20.8 Å². The summed E-state index contributed by atoms with van der Waals surface area (Å²) in [4.78, 5) is 23.4. The Kier molecular flexibility index (Phi) is 5.69. The van der Waals surface area contributed by atoms with Gasteiger partial charge in [-0.1, -0.05) is 29.5 Å². The largest absolute Gasteiger partial charge is 0.467 e. The van der Waals surface area contributed by atoms with Crippen LogP contribution in [0.4, 0.5) is 4.79 Å². The summed E-state index contributed by atoms with van der Waals surface area (Å²) in [6.07, 6.45) is 1.51. The van der Waals surface area contributed by atoms with Crippen molar-refractivity contribution in [3.05, 3.63) is 54.0 Å². The molecule has 0 saturated heterocycles. The van der Waals surface area contributed by atoms with E-state index in [0.717, 1.165) is 22.9 Å². The summed E-state index contributed by atoms with van der Waals surface area (Å²) in [5.41, 5.74) is 1.93. The molecule has 134 valence electrons. The highest BCUT2D eigenvalue weighted by Gasteiger charge is 2.13. The number of urea groups is 1. The maximum absolute atomic E-state index is 11.8. The predicted octanol–water partition coefficient (Wildman–Crippen LogP) is 2.76. The number of hydrogen-bond acceptors (Lipinski definition) is 7. The summed E-state index contributed by atoms with van der Waals surface area (Å²) in [5, 5.41) is 12.8. The number of rotatable bonds is 6. The summed E-state index contributed by atoms with van der Waals surface area (Å²) < 4.78 is 10.6. The van der Waals surface area contributed by atoms with E-state index in [2.05, 4.69) is 20.8 Å². The number of benzene rings is 1. The third-order valence-electron chi connectivity index (χ3n) is 3.29. The van der Waals surface area contributed by atoms with E-state index in [1.54, 1.807) is 12.1 Å². The van der Waals surface area contributed by atoms with Crippen molar-refractivity contribution < 1.29 is 18.4 Å². The molecule has 0 unspecified atom stereocenters. The lowest BCUT2D eigenvalue weighted by atomic mass is 10.1. The number of hydrogen-bond donors (Lipinski definition) is 2. The van der Waals surface area contributed by atoms with Gasteiger partial charge in [0.2, 0.25) is 11.8 Å². The average molecular weight is 372 g/mol. The summed E-state index contributed by atoms with van der Waals surface area (Å²) in [6.45, 7) is 2.19. The number of aryl methyl sites for hydroxylation is 1. The van der Waals surface area contributed by atoms with Crippen molar-refractivity contribution >= 4 is 23.7 Å². The molecule has 2 aromatic heterocycles. The van der Waals surface area contributed by atoms with E-state index < -0.39 is 11.9 Å². The first-order valence-corrected chi connectivity index (χ1v) is 8.72. The van der Waals surface area contributed by atoms with Crippen LogP contribution >= 0.6 is 11.8 Å². The van der Waals surface area contributed by atoms with Gasteiger partial charge in [0.25, 0.3) is 5.22 Å². The maximum atomic E-state index is 11.8. The fraction of sp³-hybridized carbons (Fsp3) is 0.176. The number of amides is 3. The van der Waals surface area contributed by atoms with Crippen molar-refractivity contribution in [2.45, 2.75) is 18.7 Å². The Balaban J connectivity index is 1.44. The molecule has 0 fully saturated rings. The van der Waals surface area contributed by atoms with Crippen LogP contribution in [0.3, 0.4) is 0 Å². The normalized spacial score (nSPS) is 10.5. The van der Waals surface area contributed by atoms with Crippen LogP contribution in [0.1, 0.15) is 11.3 Å². The Morgan fingerprint density at radius 2 is 1.96 bits per heavy atom. The molecule has 0 radical (unpaired) electrons. The van der Waals surface area contributed by atoms with E-state index in [4.69, 9.17) is 8.83 Å². The van der Waals surface area contributed by atoms with Gasteiger partial charge in [0, 0.05) is 5.56 Å². The van der Waals surface area contributed by atoms with E-state index in [0.29, 0.717) is 11.7 Å². The number of carbonyl (C=O) groups excluding carboxylic acids is 2. The minimum Gasteiger partial charge on any atom is -0.467 e. The Hall–Kier alpha value is -3.07. The van der Waals surface area contributed by atoms with Gasteiger partial charge in [0.05, 0.1) is 18.6 Å². The third kappa shape index (κ3) is 4.96. The lowest BCUT2D eigenvalue weighted by Crippen LogP contribution is -2.39. The van der Waals surface area contributed by atoms with Crippen LogP contribution in [0.5, 0.6) is 0 Å². The number of carbonyl (C=O) groups is 2. The monoisotopic (exact) mass is 372 g/mol. The molecule has 3 amide bonds. The molecule has 2 heterocycles. The van der Waals surface area contributed by atoms with E-state index in [1.165, 1.54) is 6.26 Å². The number of thioether (sulfide) groups is 1. The quantitative estimate of drug-likeness (QED) is 0.640. The summed E-state index contributed by atoms with van der Waals surface area (Å²) >= 11 is 1.05. The topological polar surface area (TPSA) is 110 Å². The van der Waals surface area contributed by atoms with Crippen LogP contribution in [0.2, 0.25) is 0 Å². The zero-order valence-corrected chi connectivity index (χ0v) is 14.7. The summed E-state index contributed by atoms with van der Waals surface area (Å²) in [7, 11) is 0. The van der Waals surface area contributed by atoms with Gasteiger partial charge in [-0.15, -0.1) is 10.2 Å². The second-order valence-electron chi connectivity index (χ2n) is 5.34. The minimum absolute atomic E-state index is 0.0241. The average Bonchev–Trinajstić information content (AvgIpc) is 3.31. The maximum Gasteiger partial charge on any atom is 0.321 e. The van der Waals surface area contributed by atoms with Crippen LogP contribution < -0.4 is 10.6 Å². The van der Waals surface area contributed by atoms with Crippen LogP contribution in [0.25, 0.3) is 11.5 Å². The molecule has 3 aromatic rings. The van der Waals surface area contributed by atoms with Gasteiger partial charge >= 0.3 is 6.03 Å². The van der Waals surface area contributed by atoms with E-state index in [1.807, 2.05) is 31.2 Å². The third-order valence-corrected chi connectivity index (χ3v) is 4.11. The molecule has 26 heavy (non-hydrogen) atoms. The zero-order valence-electron chi connectivity index (χ0n) is 13.9. The minimum atomic E-state index is -0.599. The fourth-order valence-electron chi connectivity index (χ4n) is 2.00. The Labute approximate surface area is 153 Å². The molecule has 9 heteroatoms. The molecule has 2 N–H and O–H groups in total. The van der Waals surface area contributed by atoms with Crippen molar-refractivity contribution in [3.63, 3.8) is 0 Å². The van der Waals surface area contributed by atoms with Gasteiger partial charge in [0.1, 0.15) is 5.76 Å². The van der Waals surface area contributed by atoms with Crippen LogP contribution in [-0.4, -0.2) is 27.9 Å². The van der Waals surface area contributed by atoms with Crippen LogP contribution in [-0.2, 0) is 11.3 Å². The lowest BCUT2D eigenvalue weighted by molar-refractivity contribution is -0.117. The number of nitrogens with one attached hydrogen (secondary N) is 2. The Bertz CT molecular complexity index is 875. The number of aromatic nitrogens is 2. The molecule has 8 nitrogen and oxygen atoms in total. The summed E-state index contributed by atoms with van der Waals surface area (Å²) in [6, 6.07) is 10.5. The first-order chi connectivity index (χ1) is 12.6. The molecular weight excluding hydrogens is 356 g/mol. The smallest absolute Gasteiger partial charge is 0.321 e. The predicted molar refractivity (Wildman–Crippen MR) is 94.3 cm³/mol. The molecule has 0 aliphatic carbocycles. The number of furan rings is 1. The van der Waals surface area contributed by atoms with Gasteiger partial charge in [-0.25, -0.2) is 4.79 Å². The van der Waals surface area contributed by atoms with Crippen molar-refractivity contribution in [1.29, 1.82) is 0 Å². The van der Waals surface area contributed by atoms with Crippen molar-refractivity contribution in [2.24, 2.45) is 0 Å².